The number of carboxylic acids is 1. The van der Waals surface area contributed by atoms with Crippen LogP contribution in [0.3, 0.4) is 0 Å². The molecular formula is C73H96N16O17S2. The normalized spacial score (nSPS) is 22.9. The number of aliphatic hydroxyl groups is 1. The maximum Gasteiger partial charge on any atom is 0.306 e. The molecule has 2 aliphatic heterocycles. The van der Waals surface area contributed by atoms with Gasteiger partial charge in [-0.25, -0.2) is 0 Å². The van der Waals surface area contributed by atoms with Crippen molar-refractivity contribution in [3.05, 3.63) is 108 Å². The highest BCUT2D eigenvalue weighted by molar-refractivity contribution is 7.80. The number of ether oxygens (including phenoxy) is 1. The second-order valence-corrected chi connectivity index (χ2v) is 27.6. The minimum Gasteiger partial charge on any atom is -0.481 e. The number of ketones is 2. The number of amidine groups is 1. The summed E-state index contributed by atoms with van der Waals surface area (Å²) in [5, 5.41) is 49.5. The predicted octanol–water partition coefficient (Wildman–Crippen LogP) is -0.402. The van der Waals surface area contributed by atoms with Gasteiger partial charge in [0, 0.05) is 73.3 Å². The first kappa shape index (κ1) is 84.6. The van der Waals surface area contributed by atoms with Crippen LogP contribution in [0, 0.1) is 17.2 Å². The highest BCUT2D eigenvalue weighted by Crippen LogP contribution is 2.44. The topological polar surface area (TPSA) is 544 Å². The Kier molecular flexibility index (Phi) is 32.5. The van der Waals surface area contributed by atoms with Crippen molar-refractivity contribution < 1.29 is 82.1 Å². The molecule has 3 aromatic carbocycles. The van der Waals surface area contributed by atoms with E-state index < -0.39 is 188 Å². The van der Waals surface area contributed by atoms with Crippen LogP contribution < -0.4 is 65.5 Å². The van der Waals surface area contributed by atoms with Crippen LogP contribution in [0.4, 0.5) is 0 Å². The molecule has 1 aromatic heterocycles. The van der Waals surface area contributed by atoms with Crippen molar-refractivity contribution in [1.29, 1.82) is 5.41 Å². The number of aromatic amines is 1. The zero-order valence-electron chi connectivity index (χ0n) is 59.8. The number of Topliss-reactive ketones (excluding diaryl/α,β-unsaturated/α-hetero) is 2. The molecular weight excluding hydrogens is 1440 g/mol. The Bertz CT molecular complexity index is 3960. The number of amides is 10. The predicted molar refractivity (Wildman–Crippen MR) is 403 cm³/mol. The lowest BCUT2D eigenvalue weighted by atomic mass is 9.92. The number of primary amides is 1. The van der Waals surface area contributed by atoms with Gasteiger partial charge in [0.15, 0.2) is 17.5 Å². The Morgan fingerprint density at radius 1 is 0.676 bits per heavy atom. The maximum atomic E-state index is 14.8. The smallest absolute Gasteiger partial charge is 0.306 e. The van der Waals surface area contributed by atoms with E-state index >= 15 is 0 Å². The number of carbonyl (C=O) groups excluding carboxylic acids is 13. The molecule has 1 aliphatic carbocycles. The third kappa shape index (κ3) is 24.7. The number of rotatable bonds is 26. The molecule has 10 amide bonds. The van der Waals surface area contributed by atoms with Crippen molar-refractivity contribution >= 4 is 131 Å². The minimum atomic E-state index is -1.97. The van der Waals surface area contributed by atoms with E-state index in [-0.39, 0.29) is 120 Å². The average Bonchev–Trinajstić information content (AvgIpc) is 1.61. The lowest BCUT2D eigenvalue weighted by molar-refractivity contribution is -0.146. The van der Waals surface area contributed by atoms with E-state index in [4.69, 9.17) is 33.1 Å². The van der Waals surface area contributed by atoms with Gasteiger partial charge >= 0.3 is 11.9 Å². The number of aromatic nitrogens is 1. The van der Waals surface area contributed by atoms with Crippen LogP contribution in [0.2, 0.25) is 0 Å². The number of unbranched alkanes of at least 4 members (excludes halogenated alkanes) is 1. The van der Waals surface area contributed by atoms with E-state index in [2.05, 4.69) is 77.8 Å². The fourth-order valence-electron chi connectivity index (χ4n) is 13.0. The van der Waals surface area contributed by atoms with Crippen LogP contribution in [-0.4, -0.2) is 207 Å². The van der Waals surface area contributed by atoms with Crippen LogP contribution in [0.1, 0.15) is 126 Å². The Balaban J connectivity index is 1.18. The zero-order valence-corrected chi connectivity index (χ0v) is 61.6. The quantitative estimate of drug-likeness (QED) is 0.00949. The summed E-state index contributed by atoms with van der Waals surface area (Å²) in [5.74, 6) is -17.7. The van der Waals surface area contributed by atoms with E-state index in [0.29, 0.717) is 11.2 Å². The molecule has 1 unspecified atom stereocenters. The van der Waals surface area contributed by atoms with Gasteiger partial charge in [-0.3, -0.25) is 77.5 Å². The van der Waals surface area contributed by atoms with Gasteiger partial charge in [0.25, 0.3) is 0 Å². The number of allylic oxidation sites excluding steroid dienone is 1. The van der Waals surface area contributed by atoms with E-state index in [9.17, 15) is 77.3 Å². The largest absolute Gasteiger partial charge is 0.481 e. The van der Waals surface area contributed by atoms with Crippen LogP contribution in [0.25, 0.3) is 22.0 Å². The molecule has 582 valence electrons. The number of esters is 1. The number of guanidine groups is 1. The molecule has 7 rings (SSSR count). The number of carboxylic acid groups (broad SMARTS) is 1. The fourth-order valence-corrected chi connectivity index (χ4v) is 13.6. The second kappa shape index (κ2) is 41.4. The van der Waals surface area contributed by atoms with Gasteiger partial charge < -0.3 is 90.3 Å². The summed E-state index contributed by atoms with van der Waals surface area (Å²) < 4.78 is 5.66. The van der Waals surface area contributed by atoms with Gasteiger partial charge in [0.2, 0.25) is 59.1 Å². The number of aliphatic carboxylic acids is 1. The molecule has 0 bridgehead atoms. The van der Waals surface area contributed by atoms with Crippen LogP contribution >= 0.6 is 25.3 Å². The van der Waals surface area contributed by atoms with E-state index in [1.165, 1.54) is 19.1 Å². The highest BCUT2D eigenvalue weighted by Gasteiger charge is 2.42. The molecule has 20 N–H and O–H groups in total. The number of nitrogens with two attached hydrogens (primary N) is 4. The monoisotopic (exact) mass is 1530 g/mol. The molecule has 0 saturated carbocycles. The van der Waals surface area contributed by atoms with Crippen molar-refractivity contribution in [3.63, 3.8) is 0 Å². The van der Waals surface area contributed by atoms with Gasteiger partial charge in [-0.05, 0) is 104 Å². The number of hydrogen-bond acceptors (Lipinski definition) is 20. The first-order valence-corrected chi connectivity index (χ1v) is 36.9. The first-order chi connectivity index (χ1) is 51.6. The van der Waals surface area contributed by atoms with E-state index in [1.807, 2.05) is 54.6 Å². The molecule has 0 radical (unpaired) electrons. The number of aliphatic imine (C=N–C) groups is 1. The van der Waals surface area contributed by atoms with Crippen molar-refractivity contribution in [2.45, 2.75) is 170 Å². The summed E-state index contributed by atoms with van der Waals surface area (Å²) in [7, 11) is 0. The van der Waals surface area contributed by atoms with Gasteiger partial charge in [0.05, 0.1) is 43.3 Å². The number of benzene rings is 3. The van der Waals surface area contributed by atoms with Crippen LogP contribution in [0.5, 0.6) is 0 Å². The standard InChI is InChI=1S/C73H96N16O17S2/c1-39-58(91)33-42(31-43-30-40-14-2-8-20-49(40)81-43)66(99)84-51(22-10-11-25-60(74)75)67(100)83-50(64(76)97)21-9-3-15-41(32-59(92)55(37-107)82-61(93)26-27-63(96)106-36-48-46-18-6-4-16-44(46)45-17-5-7-19-47(45)48)65(98)87-54(35-90)69(102)86-53(34-62(94)95)72(105)89-29-13-24-57(89)71(104)85-52(23-12-28-79-73(77)78)68(101)88-56(38-108)70(103)80-39/h2-9,14,16-20,30,39,41-42,48,50-57,81,90,107-108H,10-13,15,21-29,31-38H2,1H3,(H3,74,75)(H2,76,97)(H,80,103)(H,82,93)(H,83,100)(H,84,99)(H,85,104)(H,86,102)(H,87,98)(H,88,101)(H,94,95)(H4,77,78,79)/t39-,41+,42+,50-,51-,52-,53-,54-,55-,56-,57?/m0/s1. The number of fused-ring (bicyclic) bond motifs is 5. The summed E-state index contributed by atoms with van der Waals surface area (Å²) in [6.07, 6.45) is -0.878. The van der Waals surface area contributed by atoms with E-state index in [0.717, 1.165) is 32.5 Å². The van der Waals surface area contributed by atoms with Gasteiger partial charge in [-0.1, -0.05) is 85.3 Å². The van der Waals surface area contributed by atoms with E-state index in [1.54, 1.807) is 24.3 Å². The van der Waals surface area contributed by atoms with Crippen LogP contribution in [0.15, 0.2) is 96.0 Å². The Hall–Kier alpha value is -10.7. The van der Waals surface area contributed by atoms with Gasteiger partial charge in [-0.2, -0.15) is 25.3 Å². The average molecular weight is 1530 g/mol. The summed E-state index contributed by atoms with van der Waals surface area (Å²) in [4.78, 5) is 204. The number of aliphatic hydroxyl groups excluding tert-OH is 1. The Morgan fingerprint density at radius 3 is 1.91 bits per heavy atom. The number of para-hydroxylation sites is 1. The Morgan fingerprint density at radius 2 is 1.27 bits per heavy atom. The SMILES string of the molecule is C[C@@H]1NC(=O)[C@H](CS)NC(=O)[C@H](CCCN=C(N)N)NC(=O)C2CCCN2C(=O)[C@H](CC(=O)O)NC(=O)[C@H](CO)NC(=O)[C@@H](CC(=O)[C@H](CS)NC(=O)CCC(=O)OCC2c3ccccc3-c3ccccc32)CC=CC[C@@H](C(N)=O)NC(=O)[C@H](CCCCC(=N)N)NC(=O)[C@H](Cc2cc3ccccc3[nH]2)CC1=O. The molecule has 3 aliphatic rings. The van der Waals surface area contributed by atoms with Gasteiger partial charge in [-0.15, -0.1) is 0 Å². The molecule has 1 fully saturated rings. The number of hydrogen-bond donors (Lipinski definition) is 18. The molecule has 11 atom stereocenters. The lowest BCUT2D eigenvalue weighted by Crippen LogP contribution is -2.60. The summed E-state index contributed by atoms with van der Waals surface area (Å²) >= 11 is 8.61. The van der Waals surface area contributed by atoms with Crippen molar-refractivity contribution in [2.24, 2.45) is 39.8 Å². The van der Waals surface area contributed by atoms with Crippen molar-refractivity contribution in [1.82, 2.24) is 52.4 Å². The molecule has 4 aromatic rings. The molecule has 1 saturated heterocycles. The summed E-state index contributed by atoms with van der Waals surface area (Å²) in [5.41, 5.74) is 27.8. The number of nitrogens with one attached hydrogen (secondary N) is 10. The van der Waals surface area contributed by atoms with Crippen LogP contribution in [-0.2, 0) is 78.3 Å². The number of carbonyl (C=O) groups is 14. The number of H-pyrrole nitrogens is 1. The Labute approximate surface area is 633 Å². The highest BCUT2D eigenvalue weighted by atomic mass is 32.1. The molecule has 108 heavy (non-hydrogen) atoms. The fraction of sp³-hybridized carbons (Fsp3) is 0.479. The minimum absolute atomic E-state index is 0.0115. The maximum absolute atomic E-state index is 14.8. The first-order valence-electron chi connectivity index (χ1n) is 35.6. The summed E-state index contributed by atoms with van der Waals surface area (Å²) in [6, 6.07) is 10.5. The lowest BCUT2D eigenvalue weighted by Gasteiger charge is -2.30. The molecule has 33 nitrogen and oxygen atoms in total. The molecule has 35 heteroatoms. The number of nitrogens with zero attached hydrogens (tertiary/aromatic N) is 2. The molecule has 0 spiro atoms. The second-order valence-electron chi connectivity index (χ2n) is 26.8. The zero-order chi connectivity index (χ0) is 78.7. The van der Waals surface area contributed by atoms with Crippen molar-refractivity contribution in [2.75, 3.05) is 37.8 Å². The number of thiol groups is 2. The molecule has 3 heterocycles. The third-order valence-electron chi connectivity index (χ3n) is 18.8. The van der Waals surface area contributed by atoms with Gasteiger partial charge in [0.1, 0.15) is 48.9 Å². The summed E-state index contributed by atoms with van der Waals surface area (Å²) in [6.45, 7) is -0.0459. The third-order valence-corrected chi connectivity index (χ3v) is 19.6. The van der Waals surface area contributed by atoms with Crippen molar-refractivity contribution in [3.8, 4) is 11.1 Å².